The minimum absolute atomic E-state index is 0.0410. The van der Waals surface area contributed by atoms with Gasteiger partial charge in [0.25, 0.3) is 0 Å². The van der Waals surface area contributed by atoms with Crippen molar-refractivity contribution < 1.29 is 13.2 Å². The Hall–Kier alpha value is -1.40. The number of rotatable bonds is 8. The molecule has 0 radical (unpaired) electrons. The highest BCUT2D eigenvalue weighted by Gasteiger charge is 2.14. The van der Waals surface area contributed by atoms with Gasteiger partial charge in [-0.25, -0.2) is 8.42 Å². The lowest BCUT2D eigenvalue weighted by atomic mass is 10.1. The van der Waals surface area contributed by atoms with E-state index in [1.807, 2.05) is 30.3 Å². The van der Waals surface area contributed by atoms with E-state index < -0.39 is 15.9 Å². The fraction of sp³-hybridized carbons (Fsp3) is 0.500. The highest BCUT2D eigenvalue weighted by molar-refractivity contribution is 7.91. The second-order valence-corrected chi connectivity index (χ2v) is 7.13. The lowest BCUT2D eigenvalue weighted by Crippen LogP contribution is -2.42. The molecule has 1 aromatic rings. The van der Waals surface area contributed by atoms with E-state index in [9.17, 15) is 13.2 Å². The number of carbonyl (C=O) groups excluding carboxylic acids is 1. The Balaban J connectivity index is 2.29. The van der Waals surface area contributed by atoms with Gasteiger partial charge in [0.2, 0.25) is 5.91 Å². The highest BCUT2D eigenvalue weighted by atomic mass is 32.2. The Bertz CT molecular complexity index is 514. The Morgan fingerprint density at radius 2 is 1.95 bits per heavy atom. The summed E-state index contributed by atoms with van der Waals surface area (Å²) in [5.74, 6) is -0.254. The van der Waals surface area contributed by atoms with E-state index in [2.05, 4.69) is 5.32 Å². The van der Waals surface area contributed by atoms with Crippen molar-refractivity contribution in [1.82, 2.24) is 5.32 Å². The fourth-order valence-corrected chi connectivity index (χ4v) is 2.40. The van der Waals surface area contributed by atoms with Crippen LogP contribution < -0.4 is 11.1 Å². The zero-order valence-electron chi connectivity index (χ0n) is 11.7. The standard InChI is InChI=1S/C14H22N2O3S/c1-2-20(18,19)11-10-16-14(17)13(15)9-8-12-6-4-3-5-7-12/h3-7,13H,2,8-11,15H2,1H3,(H,16,17)/t13-/m0/s1. The molecule has 1 amide bonds. The normalized spacial score (nSPS) is 12.9. The van der Waals surface area contributed by atoms with E-state index in [4.69, 9.17) is 5.73 Å². The monoisotopic (exact) mass is 298 g/mol. The summed E-state index contributed by atoms with van der Waals surface area (Å²) < 4.78 is 22.6. The Morgan fingerprint density at radius 1 is 1.30 bits per heavy atom. The van der Waals surface area contributed by atoms with Gasteiger partial charge in [0.15, 0.2) is 9.84 Å². The molecule has 0 unspecified atom stereocenters. The molecule has 3 N–H and O–H groups in total. The maximum Gasteiger partial charge on any atom is 0.236 e. The number of hydrogen-bond acceptors (Lipinski definition) is 4. The van der Waals surface area contributed by atoms with Crippen LogP contribution in [0.3, 0.4) is 0 Å². The molecule has 0 fully saturated rings. The molecule has 0 aromatic heterocycles. The summed E-state index contributed by atoms with van der Waals surface area (Å²) in [4.78, 5) is 11.7. The summed E-state index contributed by atoms with van der Waals surface area (Å²) in [5, 5.41) is 2.57. The highest BCUT2D eigenvalue weighted by Crippen LogP contribution is 2.04. The molecule has 0 aliphatic carbocycles. The van der Waals surface area contributed by atoms with Gasteiger partial charge in [-0.05, 0) is 18.4 Å². The maximum atomic E-state index is 11.7. The molecule has 0 aliphatic heterocycles. The molecule has 1 aromatic carbocycles. The number of carbonyl (C=O) groups is 1. The van der Waals surface area contributed by atoms with Crippen LogP contribution in [0.2, 0.25) is 0 Å². The molecule has 0 saturated heterocycles. The average Bonchev–Trinajstić information content (AvgIpc) is 2.45. The Morgan fingerprint density at radius 3 is 2.55 bits per heavy atom. The quantitative estimate of drug-likeness (QED) is 0.731. The minimum atomic E-state index is -3.05. The first-order valence-corrected chi connectivity index (χ1v) is 8.54. The van der Waals surface area contributed by atoms with Gasteiger partial charge < -0.3 is 11.1 Å². The van der Waals surface area contributed by atoms with Crippen LogP contribution in [0.1, 0.15) is 18.9 Å². The van der Waals surface area contributed by atoms with Gasteiger partial charge in [0.1, 0.15) is 0 Å². The van der Waals surface area contributed by atoms with Crippen LogP contribution in [-0.4, -0.2) is 38.4 Å². The van der Waals surface area contributed by atoms with Crippen LogP contribution >= 0.6 is 0 Å². The molecule has 20 heavy (non-hydrogen) atoms. The predicted molar refractivity (Wildman–Crippen MR) is 80.1 cm³/mol. The summed E-state index contributed by atoms with van der Waals surface area (Å²) >= 11 is 0. The summed E-state index contributed by atoms with van der Waals surface area (Å²) in [5.41, 5.74) is 6.91. The van der Waals surface area contributed by atoms with Crippen molar-refractivity contribution in [1.29, 1.82) is 0 Å². The summed E-state index contributed by atoms with van der Waals surface area (Å²) in [7, 11) is -3.05. The number of sulfone groups is 1. The van der Waals surface area contributed by atoms with Gasteiger partial charge in [-0.1, -0.05) is 37.3 Å². The van der Waals surface area contributed by atoms with Crippen LogP contribution in [-0.2, 0) is 21.1 Å². The zero-order chi connectivity index (χ0) is 15.0. The number of aryl methyl sites for hydroxylation is 1. The number of benzene rings is 1. The van der Waals surface area contributed by atoms with Crippen LogP contribution in [0.4, 0.5) is 0 Å². The lowest BCUT2D eigenvalue weighted by molar-refractivity contribution is -0.122. The molecular formula is C14H22N2O3S. The summed E-state index contributed by atoms with van der Waals surface area (Å²) in [6.45, 7) is 1.71. The van der Waals surface area contributed by atoms with E-state index in [0.29, 0.717) is 6.42 Å². The van der Waals surface area contributed by atoms with Crippen LogP contribution in [0, 0.1) is 0 Å². The zero-order valence-corrected chi connectivity index (χ0v) is 12.5. The Labute approximate surface area is 120 Å². The molecule has 1 atom stereocenters. The second-order valence-electron chi connectivity index (χ2n) is 4.66. The van der Waals surface area contributed by atoms with Gasteiger partial charge in [-0.3, -0.25) is 4.79 Å². The SMILES string of the molecule is CCS(=O)(=O)CCNC(=O)[C@@H](N)CCc1ccccc1. The molecule has 6 heteroatoms. The first-order valence-electron chi connectivity index (χ1n) is 6.72. The Kier molecular flexibility index (Phi) is 6.67. The second kappa shape index (κ2) is 8.01. The number of nitrogens with two attached hydrogens (primary N) is 1. The van der Waals surface area contributed by atoms with Crippen molar-refractivity contribution >= 4 is 15.7 Å². The van der Waals surface area contributed by atoms with E-state index in [1.54, 1.807) is 6.92 Å². The first-order chi connectivity index (χ1) is 9.44. The third-order valence-corrected chi connectivity index (χ3v) is 4.78. The van der Waals surface area contributed by atoms with Crippen LogP contribution in [0.15, 0.2) is 30.3 Å². The van der Waals surface area contributed by atoms with Crippen LogP contribution in [0.5, 0.6) is 0 Å². The maximum absolute atomic E-state index is 11.7. The van der Waals surface area contributed by atoms with Gasteiger partial charge >= 0.3 is 0 Å². The van der Waals surface area contributed by atoms with Crippen molar-refractivity contribution in [3.05, 3.63) is 35.9 Å². The molecule has 5 nitrogen and oxygen atoms in total. The van der Waals surface area contributed by atoms with Gasteiger partial charge in [0, 0.05) is 12.3 Å². The topological polar surface area (TPSA) is 89.3 Å². The van der Waals surface area contributed by atoms with E-state index >= 15 is 0 Å². The van der Waals surface area contributed by atoms with Crippen LogP contribution in [0.25, 0.3) is 0 Å². The number of hydrogen-bond donors (Lipinski definition) is 2. The van der Waals surface area contributed by atoms with Crippen molar-refractivity contribution in [2.75, 3.05) is 18.1 Å². The molecule has 0 bridgehead atoms. The third-order valence-electron chi connectivity index (χ3n) is 3.08. The van der Waals surface area contributed by atoms with Crippen molar-refractivity contribution in [3.63, 3.8) is 0 Å². The first kappa shape index (κ1) is 16.7. The van der Waals surface area contributed by atoms with E-state index in [1.165, 1.54) is 0 Å². The number of nitrogens with one attached hydrogen (secondary N) is 1. The molecule has 0 aliphatic rings. The molecule has 0 spiro atoms. The number of amides is 1. The molecule has 0 heterocycles. The minimum Gasteiger partial charge on any atom is -0.354 e. The third kappa shape index (κ3) is 6.16. The van der Waals surface area contributed by atoms with Crippen molar-refractivity contribution in [3.8, 4) is 0 Å². The lowest BCUT2D eigenvalue weighted by Gasteiger charge is -2.12. The van der Waals surface area contributed by atoms with Crippen molar-refractivity contribution in [2.24, 2.45) is 5.73 Å². The largest absolute Gasteiger partial charge is 0.354 e. The average molecular weight is 298 g/mol. The van der Waals surface area contributed by atoms with E-state index in [0.717, 1.165) is 12.0 Å². The van der Waals surface area contributed by atoms with E-state index in [-0.39, 0.29) is 24.0 Å². The summed E-state index contributed by atoms with van der Waals surface area (Å²) in [6.07, 6.45) is 1.26. The molecule has 0 saturated carbocycles. The molecule has 1 rings (SSSR count). The predicted octanol–water partition coefficient (Wildman–Crippen LogP) is 0.497. The smallest absolute Gasteiger partial charge is 0.236 e. The summed E-state index contributed by atoms with van der Waals surface area (Å²) in [6, 6.07) is 9.17. The molecular weight excluding hydrogens is 276 g/mol. The van der Waals surface area contributed by atoms with Gasteiger partial charge in [0.05, 0.1) is 11.8 Å². The molecule has 112 valence electrons. The van der Waals surface area contributed by atoms with Crippen molar-refractivity contribution in [2.45, 2.75) is 25.8 Å². The van der Waals surface area contributed by atoms with Gasteiger partial charge in [-0.15, -0.1) is 0 Å². The van der Waals surface area contributed by atoms with Gasteiger partial charge in [-0.2, -0.15) is 0 Å². The fourth-order valence-electron chi connectivity index (χ4n) is 1.70.